The van der Waals surface area contributed by atoms with Crippen LogP contribution < -0.4 is 14.8 Å². The molecule has 0 aliphatic rings. The highest BCUT2D eigenvalue weighted by Gasteiger charge is 2.22. The zero-order valence-corrected chi connectivity index (χ0v) is 10.0. The molecule has 1 aromatic carbocycles. The van der Waals surface area contributed by atoms with Crippen molar-refractivity contribution in [2.75, 3.05) is 21.3 Å². The molecular formula is C12H19NO2. The van der Waals surface area contributed by atoms with Gasteiger partial charge in [0.05, 0.1) is 14.2 Å². The highest BCUT2D eigenvalue weighted by Crippen LogP contribution is 2.32. The monoisotopic (exact) mass is 209 g/mol. The molecule has 0 radical (unpaired) electrons. The third kappa shape index (κ3) is 2.42. The van der Waals surface area contributed by atoms with Crippen molar-refractivity contribution in [3.8, 4) is 11.5 Å². The smallest absolute Gasteiger partial charge is 0.124 e. The van der Waals surface area contributed by atoms with Crippen LogP contribution in [0.25, 0.3) is 0 Å². The Morgan fingerprint density at radius 1 is 1.13 bits per heavy atom. The summed E-state index contributed by atoms with van der Waals surface area (Å²) in [6.45, 7) is 4.20. The van der Waals surface area contributed by atoms with E-state index in [1.54, 1.807) is 14.2 Å². The number of hydrogen-bond acceptors (Lipinski definition) is 3. The minimum atomic E-state index is -0.139. The van der Waals surface area contributed by atoms with Crippen LogP contribution in [-0.4, -0.2) is 21.3 Å². The fraction of sp³-hybridized carbons (Fsp3) is 0.500. The molecule has 0 aliphatic heterocycles. The minimum Gasteiger partial charge on any atom is -0.497 e. The van der Waals surface area contributed by atoms with E-state index >= 15 is 0 Å². The topological polar surface area (TPSA) is 30.5 Å². The molecule has 0 saturated carbocycles. The molecule has 0 bridgehead atoms. The van der Waals surface area contributed by atoms with E-state index in [4.69, 9.17) is 9.47 Å². The summed E-state index contributed by atoms with van der Waals surface area (Å²) < 4.78 is 10.5. The minimum absolute atomic E-state index is 0.139. The Labute approximate surface area is 91.4 Å². The number of rotatable bonds is 4. The second-order valence-corrected chi connectivity index (χ2v) is 3.94. The Morgan fingerprint density at radius 3 is 2.27 bits per heavy atom. The number of benzene rings is 1. The van der Waals surface area contributed by atoms with Crippen molar-refractivity contribution in [2.24, 2.45) is 0 Å². The fourth-order valence-electron chi connectivity index (χ4n) is 1.44. The van der Waals surface area contributed by atoms with E-state index in [9.17, 15) is 0 Å². The molecule has 0 heterocycles. The SMILES string of the molecule is CNC(C)(C)c1cc(OC)ccc1OC. The zero-order chi connectivity index (χ0) is 11.5. The summed E-state index contributed by atoms with van der Waals surface area (Å²) in [5, 5.41) is 3.25. The van der Waals surface area contributed by atoms with Gasteiger partial charge in [-0.05, 0) is 39.1 Å². The van der Waals surface area contributed by atoms with Crippen LogP contribution in [0.1, 0.15) is 19.4 Å². The van der Waals surface area contributed by atoms with Crippen molar-refractivity contribution < 1.29 is 9.47 Å². The third-order valence-electron chi connectivity index (χ3n) is 2.70. The number of methoxy groups -OCH3 is 2. The summed E-state index contributed by atoms with van der Waals surface area (Å²) in [6.07, 6.45) is 0. The maximum Gasteiger partial charge on any atom is 0.124 e. The van der Waals surface area contributed by atoms with Crippen LogP contribution in [0.4, 0.5) is 0 Å². The Kier molecular flexibility index (Phi) is 3.58. The number of ether oxygens (including phenoxy) is 2. The quantitative estimate of drug-likeness (QED) is 0.824. The van der Waals surface area contributed by atoms with Gasteiger partial charge in [0.25, 0.3) is 0 Å². The predicted molar refractivity (Wildman–Crippen MR) is 61.6 cm³/mol. The average Bonchev–Trinajstić information content (AvgIpc) is 2.28. The van der Waals surface area contributed by atoms with Crippen molar-refractivity contribution in [3.05, 3.63) is 23.8 Å². The van der Waals surface area contributed by atoms with Crippen LogP contribution >= 0.6 is 0 Å². The number of hydrogen-bond donors (Lipinski definition) is 1. The van der Waals surface area contributed by atoms with Crippen LogP contribution in [0, 0.1) is 0 Å². The first kappa shape index (κ1) is 11.9. The van der Waals surface area contributed by atoms with Gasteiger partial charge in [-0.25, -0.2) is 0 Å². The second kappa shape index (κ2) is 4.53. The summed E-state index contributed by atoms with van der Waals surface area (Å²) in [6, 6.07) is 5.82. The maximum atomic E-state index is 5.34. The van der Waals surface area contributed by atoms with Crippen LogP contribution in [0.15, 0.2) is 18.2 Å². The van der Waals surface area contributed by atoms with Crippen molar-refractivity contribution in [3.63, 3.8) is 0 Å². The summed E-state index contributed by atoms with van der Waals surface area (Å²) in [7, 11) is 5.27. The Hall–Kier alpha value is -1.22. The third-order valence-corrected chi connectivity index (χ3v) is 2.70. The van der Waals surface area contributed by atoms with E-state index in [0.717, 1.165) is 17.1 Å². The first-order valence-electron chi connectivity index (χ1n) is 4.96. The fourth-order valence-corrected chi connectivity index (χ4v) is 1.44. The Morgan fingerprint density at radius 2 is 1.80 bits per heavy atom. The number of nitrogens with one attached hydrogen (secondary N) is 1. The summed E-state index contributed by atoms with van der Waals surface area (Å²) in [4.78, 5) is 0. The molecule has 1 rings (SSSR count). The summed E-state index contributed by atoms with van der Waals surface area (Å²) in [5.74, 6) is 1.71. The highest BCUT2D eigenvalue weighted by atomic mass is 16.5. The van der Waals surface area contributed by atoms with Gasteiger partial charge in [0.2, 0.25) is 0 Å². The molecular weight excluding hydrogens is 190 g/mol. The van der Waals surface area contributed by atoms with Gasteiger partial charge >= 0.3 is 0 Å². The van der Waals surface area contributed by atoms with E-state index in [2.05, 4.69) is 19.2 Å². The molecule has 0 saturated heterocycles. The first-order valence-corrected chi connectivity index (χ1v) is 4.96. The van der Waals surface area contributed by atoms with Crippen molar-refractivity contribution in [1.29, 1.82) is 0 Å². The van der Waals surface area contributed by atoms with E-state index < -0.39 is 0 Å². The lowest BCUT2D eigenvalue weighted by atomic mass is 9.93. The van der Waals surface area contributed by atoms with Gasteiger partial charge < -0.3 is 14.8 Å². The molecule has 0 unspecified atom stereocenters. The van der Waals surface area contributed by atoms with Gasteiger partial charge in [-0.15, -0.1) is 0 Å². The molecule has 3 nitrogen and oxygen atoms in total. The van der Waals surface area contributed by atoms with Crippen molar-refractivity contribution in [1.82, 2.24) is 5.32 Å². The van der Waals surface area contributed by atoms with Gasteiger partial charge in [-0.1, -0.05) is 0 Å². The molecule has 0 atom stereocenters. The lowest BCUT2D eigenvalue weighted by Crippen LogP contribution is -2.33. The normalized spacial score (nSPS) is 11.3. The average molecular weight is 209 g/mol. The van der Waals surface area contributed by atoms with Crippen molar-refractivity contribution >= 4 is 0 Å². The molecule has 0 spiro atoms. The van der Waals surface area contributed by atoms with Gasteiger partial charge in [-0.2, -0.15) is 0 Å². The standard InChI is InChI=1S/C12H19NO2/c1-12(2,13-3)10-8-9(14-4)6-7-11(10)15-5/h6-8,13H,1-5H3. The molecule has 0 aliphatic carbocycles. The summed E-state index contributed by atoms with van der Waals surface area (Å²) in [5.41, 5.74) is 0.951. The maximum absolute atomic E-state index is 5.34. The van der Waals surface area contributed by atoms with Gasteiger partial charge in [0, 0.05) is 11.1 Å². The van der Waals surface area contributed by atoms with Crippen LogP contribution in [0.3, 0.4) is 0 Å². The van der Waals surface area contributed by atoms with Gasteiger partial charge in [-0.3, -0.25) is 0 Å². The lowest BCUT2D eigenvalue weighted by molar-refractivity contribution is 0.368. The molecule has 0 aromatic heterocycles. The Bertz CT molecular complexity index is 334. The molecule has 1 N–H and O–H groups in total. The molecule has 3 heteroatoms. The van der Waals surface area contributed by atoms with E-state index in [0.29, 0.717) is 0 Å². The molecule has 15 heavy (non-hydrogen) atoms. The molecule has 0 amide bonds. The van der Waals surface area contributed by atoms with Gasteiger partial charge in [0.15, 0.2) is 0 Å². The van der Waals surface area contributed by atoms with E-state index in [1.165, 1.54) is 0 Å². The Balaban J connectivity index is 3.23. The highest BCUT2D eigenvalue weighted by molar-refractivity contribution is 5.44. The second-order valence-electron chi connectivity index (χ2n) is 3.94. The van der Waals surface area contributed by atoms with E-state index in [1.807, 2.05) is 25.2 Å². The largest absolute Gasteiger partial charge is 0.497 e. The summed E-state index contributed by atoms with van der Waals surface area (Å²) >= 11 is 0. The first-order chi connectivity index (χ1) is 7.05. The predicted octanol–water partition coefficient (Wildman–Crippen LogP) is 2.16. The van der Waals surface area contributed by atoms with E-state index in [-0.39, 0.29) is 5.54 Å². The van der Waals surface area contributed by atoms with Crippen LogP contribution in [0.5, 0.6) is 11.5 Å². The lowest BCUT2D eigenvalue weighted by Gasteiger charge is -2.27. The van der Waals surface area contributed by atoms with Crippen LogP contribution in [-0.2, 0) is 5.54 Å². The van der Waals surface area contributed by atoms with Crippen LogP contribution in [0.2, 0.25) is 0 Å². The molecule has 1 aromatic rings. The molecule has 84 valence electrons. The van der Waals surface area contributed by atoms with Gasteiger partial charge in [0.1, 0.15) is 11.5 Å². The zero-order valence-electron chi connectivity index (χ0n) is 10.0. The van der Waals surface area contributed by atoms with Crippen molar-refractivity contribution in [2.45, 2.75) is 19.4 Å². The molecule has 0 fully saturated rings.